The number of amides is 3. The molecule has 4 N–H and O–H groups in total. The van der Waals surface area contributed by atoms with Gasteiger partial charge < -0.3 is 11.1 Å². The van der Waals surface area contributed by atoms with Gasteiger partial charge >= 0.3 is 6.03 Å². The standard InChI is InChI=1S/C4H5N3O2S/c5-1-2(8)6-4(9)7-3(1)10/h1H,5H2,(H2,6,7,8,9,10)/t1-/m0/s1. The van der Waals surface area contributed by atoms with Gasteiger partial charge in [0.1, 0.15) is 11.0 Å². The summed E-state index contributed by atoms with van der Waals surface area (Å²) in [6.07, 6.45) is 0. The summed E-state index contributed by atoms with van der Waals surface area (Å²) < 4.78 is 0. The van der Waals surface area contributed by atoms with Crippen LogP contribution in [0, 0.1) is 0 Å². The highest BCUT2D eigenvalue weighted by Gasteiger charge is 2.26. The number of carbonyl (C=O) groups excluding carboxylic acids is 2. The fourth-order valence-electron chi connectivity index (χ4n) is 0.530. The molecule has 0 aromatic rings. The molecule has 6 heteroatoms. The Morgan fingerprint density at radius 3 is 2.50 bits per heavy atom. The smallest absolute Gasteiger partial charge is 0.314 e. The number of urea groups is 1. The van der Waals surface area contributed by atoms with Crippen LogP contribution < -0.4 is 16.4 Å². The van der Waals surface area contributed by atoms with Gasteiger partial charge in [0.2, 0.25) is 0 Å². The highest BCUT2D eigenvalue weighted by atomic mass is 32.1. The minimum absolute atomic E-state index is 0.0637. The van der Waals surface area contributed by atoms with Crippen molar-refractivity contribution in [3.8, 4) is 0 Å². The van der Waals surface area contributed by atoms with Gasteiger partial charge in [0.05, 0.1) is 0 Å². The van der Waals surface area contributed by atoms with Crippen molar-refractivity contribution in [3.63, 3.8) is 0 Å². The average Bonchev–Trinajstić information content (AvgIpc) is 1.82. The van der Waals surface area contributed by atoms with Gasteiger partial charge in [-0.15, -0.1) is 0 Å². The Kier molecular flexibility index (Phi) is 1.64. The molecule has 1 aliphatic heterocycles. The molecule has 1 fully saturated rings. The number of imide groups is 1. The predicted molar refractivity (Wildman–Crippen MR) is 37.2 cm³/mol. The molecule has 3 amide bonds. The van der Waals surface area contributed by atoms with E-state index in [0.717, 1.165) is 0 Å². The van der Waals surface area contributed by atoms with Crippen LogP contribution >= 0.6 is 12.2 Å². The summed E-state index contributed by atoms with van der Waals surface area (Å²) in [7, 11) is 0. The Morgan fingerprint density at radius 1 is 1.40 bits per heavy atom. The summed E-state index contributed by atoms with van der Waals surface area (Å²) in [5.74, 6) is -0.561. The van der Waals surface area contributed by atoms with Crippen LogP contribution in [0.2, 0.25) is 0 Å². The van der Waals surface area contributed by atoms with Gasteiger partial charge in [-0.2, -0.15) is 0 Å². The first-order valence-corrected chi connectivity index (χ1v) is 2.93. The summed E-state index contributed by atoms with van der Waals surface area (Å²) in [5, 5.41) is 4.15. The van der Waals surface area contributed by atoms with Gasteiger partial charge in [-0.1, -0.05) is 12.2 Å². The van der Waals surface area contributed by atoms with Crippen LogP contribution in [0.1, 0.15) is 0 Å². The predicted octanol–water partition coefficient (Wildman–Crippen LogP) is -1.52. The minimum Gasteiger partial charge on any atom is -0.314 e. The Labute approximate surface area is 61.9 Å². The molecule has 1 saturated heterocycles. The fourth-order valence-corrected chi connectivity index (χ4v) is 0.729. The maximum atomic E-state index is 10.6. The van der Waals surface area contributed by atoms with Gasteiger partial charge in [0.25, 0.3) is 5.91 Å². The number of nitrogens with one attached hydrogen (secondary N) is 2. The summed E-state index contributed by atoms with van der Waals surface area (Å²) in [6, 6.07) is -1.51. The van der Waals surface area contributed by atoms with Crippen LogP contribution in [-0.2, 0) is 4.79 Å². The number of carbonyl (C=O) groups is 2. The van der Waals surface area contributed by atoms with Gasteiger partial charge in [-0.3, -0.25) is 10.1 Å². The van der Waals surface area contributed by atoms with Gasteiger partial charge in [0.15, 0.2) is 0 Å². The molecule has 1 rings (SSSR count). The summed E-state index contributed by atoms with van der Waals surface area (Å²) >= 11 is 4.56. The maximum absolute atomic E-state index is 10.6. The molecule has 0 radical (unpaired) electrons. The molecule has 5 nitrogen and oxygen atoms in total. The topological polar surface area (TPSA) is 84.2 Å². The highest BCUT2D eigenvalue weighted by Crippen LogP contribution is 1.88. The molecular formula is C4H5N3O2S. The molecule has 10 heavy (non-hydrogen) atoms. The zero-order valence-electron chi connectivity index (χ0n) is 4.88. The largest absolute Gasteiger partial charge is 0.326 e. The number of nitrogens with two attached hydrogens (primary N) is 1. The van der Waals surface area contributed by atoms with E-state index in [9.17, 15) is 9.59 Å². The SMILES string of the molecule is N[C@H]1C(=O)NC(=O)NC1=S. The van der Waals surface area contributed by atoms with E-state index in [1.807, 2.05) is 5.32 Å². The normalized spacial score (nSPS) is 25.7. The minimum atomic E-state index is -0.896. The van der Waals surface area contributed by atoms with Crippen molar-refractivity contribution in [1.82, 2.24) is 10.6 Å². The number of hydrogen-bond acceptors (Lipinski definition) is 4. The van der Waals surface area contributed by atoms with Crippen molar-refractivity contribution in [3.05, 3.63) is 0 Å². The zero-order chi connectivity index (χ0) is 7.72. The van der Waals surface area contributed by atoms with Gasteiger partial charge in [-0.05, 0) is 0 Å². The van der Waals surface area contributed by atoms with Crippen molar-refractivity contribution < 1.29 is 9.59 Å². The summed E-state index contributed by atoms with van der Waals surface area (Å²) in [4.78, 5) is 21.1. The number of hydrogen-bond donors (Lipinski definition) is 3. The van der Waals surface area contributed by atoms with Crippen LogP contribution in [0.3, 0.4) is 0 Å². The van der Waals surface area contributed by atoms with E-state index >= 15 is 0 Å². The summed E-state index contributed by atoms with van der Waals surface area (Å²) in [6.45, 7) is 0. The summed E-state index contributed by atoms with van der Waals surface area (Å²) in [5.41, 5.74) is 5.22. The first-order valence-electron chi connectivity index (χ1n) is 2.52. The van der Waals surface area contributed by atoms with Crippen LogP contribution in [-0.4, -0.2) is 23.0 Å². The van der Waals surface area contributed by atoms with Crippen LogP contribution in [0.15, 0.2) is 0 Å². The second-order valence-electron chi connectivity index (χ2n) is 1.79. The average molecular weight is 159 g/mol. The van der Waals surface area contributed by atoms with Gasteiger partial charge in [0, 0.05) is 0 Å². The van der Waals surface area contributed by atoms with Gasteiger partial charge in [-0.25, -0.2) is 4.79 Å². The zero-order valence-corrected chi connectivity index (χ0v) is 5.70. The lowest BCUT2D eigenvalue weighted by Gasteiger charge is -2.18. The Bertz CT molecular complexity index is 195. The Balaban J connectivity index is 2.76. The molecule has 0 unspecified atom stereocenters. The van der Waals surface area contributed by atoms with Crippen molar-refractivity contribution in [2.75, 3.05) is 0 Å². The number of rotatable bonds is 0. The van der Waals surface area contributed by atoms with E-state index in [-0.39, 0.29) is 4.99 Å². The lowest BCUT2D eigenvalue weighted by Crippen LogP contribution is -2.61. The van der Waals surface area contributed by atoms with Crippen molar-refractivity contribution in [2.24, 2.45) is 5.73 Å². The lowest BCUT2D eigenvalue weighted by atomic mass is 10.2. The van der Waals surface area contributed by atoms with E-state index < -0.39 is 18.0 Å². The lowest BCUT2D eigenvalue weighted by molar-refractivity contribution is -0.120. The highest BCUT2D eigenvalue weighted by molar-refractivity contribution is 7.80. The molecule has 1 atom stereocenters. The van der Waals surface area contributed by atoms with Crippen molar-refractivity contribution >= 4 is 29.1 Å². The van der Waals surface area contributed by atoms with E-state index in [4.69, 9.17) is 5.73 Å². The van der Waals surface area contributed by atoms with E-state index in [1.165, 1.54) is 0 Å². The fraction of sp³-hybridized carbons (Fsp3) is 0.250. The van der Waals surface area contributed by atoms with Crippen LogP contribution in [0.5, 0.6) is 0 Å². The third-order valence-corrected chi connectivity index (χ3v) is 1.39. The molecular weight excluding hydrogens is 154 g/mol. The third-order valence-electron chi connectivity index (χ3n) is 1.04. The first-order chi connectivity index (χ1) is 4.61. The second kappa shape index (κ2) is 2.31. The van der Waals surface area contributed by atoms with Crippen molar-refractivity contribution in [1.29, 1.82) is 0 Å². The molecule has 0 bridgehead atoms. The van der Waals surface area contributed by atoms with E-state index in [1.54, 1.807) is 0 Å². The van der Waals surface area contributed by atoms with Crippen LogP contribution in [0.4, 0.5) is 4.79 Å². The van der Waals surface area contributed by atoms with E-state index in [0.29, 0.717) is 0 Å². The molecule has 1 aliphatic rings. The second-order valence-corrected chi connectivity index (χ2v) is 2.23. The molecule has 54 valence electrons. The van der Waals surface area contributed by atoms with E-state index in [2.05, 4.69) is 17.5 Å². The molecule has 1 heterocycles. The molecule has 0 saturated carbocycles. The van der Waals surface area contributed by atoms with Crippen molar-refractivity contribution in [2.45, 2.75) is 6.04 Å². The monoisotopic (exact) mass is 159 g/mol. The maximum Gasteiger partial charge on any atom is 0.326 e. The molecule has 0 aromatic heterocycles. The molecule has 0 aliphatic carbocycles. The number of thiocarbonyl (C=S) groups is 1. The molecule has 0 aromatic carbocycles. The Morgan fingerprint density at radius 2 is 2.00 bits per heavy atom. The first kappa shape index (κ1) is 7.10. The van der Waals surface area contributed by atoms with Crippen LogP contribution in [0.25, 0.3) is 0 Å². The Hall–Kier alpha value is -1.01. The molecule has 0 spiro atoms. The quantitative estimate of drug-likeness (QED) is 0.375. The third kappa shape index (κ3) is 1.12.